The number of pyridine rings is 1. The summed E-state index contributed by atoms with van der Waals surface area (Å²) >= 11 is 1.34. The SMILES string of the molecule is [2H]C([2H])(C1CCOCC1)N1C[C@H]2CC(Nc3nnc(-c4cnccc4C(F)(F)F)c4sccc34)C[C@H]2C1. The van der Waals surface area contributed by atoms with Gasteiger partial charge in [-0.3, -0.25) is 4.98 Å². The minimum absolute atomic E-state index is 0.00679. The van der Waals surface area contributed by atoms with Crippen LogP contribution in [0, 0.1) is 17.8 Å². The van der Waals surface area contributed by atoms with Crippen molar-refractivity contribution in [3.63, 3.8) is 0 Å². The summed E-state index contributed by atoms with van der Waals surface area (Å²) < 4.78 is 64.4. The Morgan fingerprint density at radius 3 is 2.66 bits per heavy atom. The number of nitrogens with zero attached hydrogens (tertiary/aromatic N) is 4. The molecular formula is C25H28F3N5OS. The average Bonchev–Trinajstić information content (AvgIpc) is 3.60. The number of alkyl halides is 3. The van der Waals surface area contributed by atoms with Gasteiger partial charge in [0.1, 0.15) is 5.69 Å². The van der Waals surface area contributed by atoms with Gasteiger partial charge in [-0.1, -0.05) is 0 Å². The molecule has 1 unspecified atom stereocenters. The smallest absolute Gasteiger partial charge is 0.381 e. The van der Waals surface area contributed by atoms with Gasteiger partial charge in [0.05, 0.1) is 10.3 Å². The summed E-state index contributed by atoms with van der Waals surface area (Å²) in [5.41, 5.74) is -0.665. The highest BCUT2D eigenvalue weighted by atomic mass is 32.1. The highest BCUT2D eigenvalue weighted by Crippen LogP contribution is 2.43. The molecular weight excluding hydrogens is 475 g/mol. The molecule has 0 aromatic carbocycles. The predicted molar refractivity (Wildman–Crippen MR) is 129 cm³/mol. The molecule has 0 amide bonds. The molecule has 3 fully saturated rings. The summed E-state index contributed by atoms with van der Waals surface area (Å²) in [5.74, 6) is 1.40. The third-order valence-corrected chi connectivity index (χ3v) is 8.37. The molecule has 0 bridgehead atoms. The number of rotatable bonds is 5. The fourth-order valence-electron chi connectivity index (χ4n) is 5.79. The molecule has 0 radical (unpaired) electrons. The first kappa shape index (κ1) is 20.8. The van der Waals surface area contributed by atoms with Crippen molar-refractivity contribution in [3.8, 4) is 11.3 Å². The molecule has 6 rings (SSSR count). The van der Waals surface area contributed by atoms with Crippen LogP contribution in [0.4, 0.5) is 19.0 Å². The maximum atomic E-state index is 13.6. The van der Waals surface area contributed by atoms with Gasteiger partial charge >= 0.3 is 6.18 Å². The van der Waals surface area contributed by atoms with Gasteiger partial charge in [0.15, 0.2) is 5.82 Å². The Morgan fingerprint density at radius 2 is 1.91 bits per heavy atom. The summed E-state index contributed by atoms with van der Waals surface area (Å²) in [6, 6.07) is 3.00. The quantitative estimate of drug-likeness (QED) is 0.506. The van der Waals surface area contributed by atoms with Crippen LogP contribution < -0.4 is 5.32 Å². The summed E-state index contributed by atoms with van der Waals surface area (Å²) in [5, 5.41) is 14.6. The van der Waals surface area contributed by atoms with Crippen LogP contribution in [0.25, 0.3) is 21.3 Å². The number of ether oxygens (including phenoxy) is 1. The Morgan fingerprint density at radius 1 is 1.14 bits per heavy atom. The molecule has 186 valence electrons. The summed E-state index contributed by atoms with van der Waals surface area (Å²) in [6.07, 6.45) is 1.14. The van der Waals surface area contributed by atoms with Crippen molar-refractivity contribution in [1.29, 1.82) is 0 Å². The van der Waals surface area contributed by atoms with E-state index in [1.807, 2.05) is 16.3 Å². The molecule has 3 aromatic heterocycles. The Bertz CT molecular complexity index is 1270. The first-order valence-corrected chi connectivity index (χ1v) is 12.9. The number of fused-ring (bicyclic) bond motifs is 2. The molecule has 3 aromatic rings. The Hall–Kier alpha value is -2.30. The van der Waals surface area contributed by atoms with Gasteiger partial charge in [-0.2, -0.15) is 13.2 Å². The Labute approximate surface area is 208 Å². The average molecular weight is 506 g/mol. The van der Waals surface area contributed by atoms with Crippen molar-refractivity contribution < 1.29 is 20.6 Å². The van der Waals surface area contributed by atoms with Gasteiger partial charge in [0, 0.05) is 64.9 Å². The van der Waals surface area contributed by atoms with Crippen LogP contribution in [0.15, 0.2) is 29.9 Å². The molecule has 10 heteroatoms. The maximum absolute atomic E-state index is 13.6. The molecule has 35 heavy (non-hydrogen) atoms. The second kappa shape index (κ2) is 9.29. The number of hydrogen-bond acceptors (Lipinski definition) is 7. The zero-order chi connectivity index (χ0) is 25.8. The zero-order valence-electron chi connectivity index (χ0n) is 21.1. The first-order valence-electron chi connectivity index (χ1n) is 13.1. The molecule has 2 aliphatic heterocycles. The summed E-state index contributed by atoms with van der Waals surface area (Å²) in [6.45, 7) is 1.43. The minimum Gasteiger partial charge on any atom is -0.381 e. The third kappa shape index (κ3) is 4.63. The van der Waals surface area contributed by atoms with Crippen molar-refractivity contribution in [3.05, 3.63) is 35.5 Å². The molecule has 3 atom stereocenters. The van der Waals surface area contributed by atoms with Crippen LogP contribution >= 0.6 is 11.3 Å². The predicted octanol–water partition coefficient (Wildman–Crippen LogP) is 5.32. The van der Waals surface area contributed by atoms with E-state index in [-0.39, 0.29) is 23.2 Å². The van der Waals surface area contributed by atoms with E-state index < -0.39 is 18.2 Å². The van der Waals surface area contributed by atoms with Crippen LogP contribution in [0.2, 0.25) is 0 Å². The van der Waals surface area contributed by atoms with Gasteiger partial charge < -0.3 is 15.0 Å². The maximum Gasteiger partial charge on any atom is 0.417 e. The number of anilines is 1. The first-order chi connectivity index (χ1) is 17.7. The highest BCUT2D eigenvalue weighted by Gasteiger charge is 2.41. The lowest BCUT2D eigenvalue weighted by atomic mass is 10.00. The Balaban J connectivity index is 1.17. The normalized spacial score (nSPS) is 27.1. The van der Waals surface area contributed by atoms with Crippen molar-refractivity contribution in [2.75, 3.05) is 38.1 Å². The number of halogens is 3. The number of aromatic nitrogens is 3. The number of thiophene rings is 1. The largest absolute Gasteiger partial charge is 0.417 e. The number of nitrogens with one attached hydrogen (secondary N) is 1. The Kier molecular flexibility index (Phi) is 5.54. The molecule has 1 saturated carbocycles. The van der Waals surface area contributed by atoms with E-state index in [9.17, 15) is 13.2 Å². The number of hydrogen-bond donors (Lipinski definition) is 1. The lowest BCUT2D eigenvalue weighted by molar-refractivity contribution is -0.137. The standard InChI is InChI=1S/C25H28F3N5OS/c26-25(27,28)21-1-5-29-11-20(21)22-23-19(4-8-35-23)24(32-31-22)30-18-9-16-13-33(14-17(16)10-18)12-15-2-6-34-7-3-15/h1,4-5,8,11,15-18H,2-3,6-7,9-10,12-14H2,(H,30,32)/t16-,17+,18?/i12D2. The van der Waals surface area contributed by atoms with Gasteiger partial charge in [-0.05, 0) is 60.9 Å². The van der Waals surface area contributed by atoms with Gasteiger partial charge in [-0.25, -0.2) is 0 Å². The summed E-state index contributed by atoms with van der Waals surface area (Å²) in [4.78, 5) is 5.94. The van der Waals surface area contributed by atoms with Crippen LogP contribution in [0.5, 0.6) is 0 Å². The van der Waals surface area contributed by atoms with E-state index in [2.05, 4.69) is 20.5 Å². The fourth-order valence-corrected chi connectivity index (χ4v) is 6.69. The minimum atomic E-state index is -4.52. The molecule has 2 saturated heterocycles. The number of likely N-dealkylation sites (tertiary alicyclic amines) is 1. The fraction of sp³-hybridized carbons (Fsp3) is 0.560. The van der Waals surface area contributed by atoms with Crippen LogP contribution in [-0.4, -0.2) is 58.9 Å². The van der Waals surface area contributed by atoms with Crippen molar-refractivity contribution >= 4 is 27.2 Å². The third-order valence-electron chi connectivity index (χ3n) is 7.45. The van der Waals surface area contributed by atoms with Crippen LogP contribution in [0.3, 0.4) is 0 Å². The van der Waals surface area contributed by atoms with Gasteiger partial charge in [0.25, 0.3) is 0 Å². The lowest BCUT2D eigenvalue weighted by Crippen LogP contribution is -2.32. The van der Waals surface area contributed by atoms with Crippen molar-refractivity contribution in [2.45, 2.75) is 37.9 Å². The van der Waals surface area contributed by atoms with E-state index in [1.54, 1.807) is 0 Å². The van der Waals surface area contributed by atoms with E-state index in [0.717, 1.165) is 56.4 Å². The van der Waals surface area contributed by atoms with E-state index in [4.69, 9.17) is 7.48 Å². The lowest BCUT2D eigenvalue weighted by Gasteiger charge is -2.27. The van der Waals surface area contributed by atoms with Crippen molar-refractivity contribution in [1.82, 2.24) is 20.1 Å². The second-order valence-corrected chi connectivity index (χ2v) is 10.6. The van der Waals surface area contributed by atoms with E-state index in [1.165, 1.54) is 17.5 Å². The van der Waals surface area contributed by atoms with Crippen molar-refractivity contribution in [2.24, 2.45) is 17.8 Å². The van der Waals surface area contributed by atoms with E-state index in [0.29, 0.717) is 35.6 Å². The van der Waals surface area contributed by atoms with Gasteiger partial charge in [0.2, 0.25) is 0 Å². The summed E-state index contributed by atoms with van der Waals surface area (Å²) in [7, 11) is 0. The molecule has 0 spiro atoms. The van der Waals surface area contributed by atoms with Gasteiger partial charge in [-0.15, -0.1) is 21.5 Å². The highest BCUT2D eigenvalue weighted by molar-refractivity contribution is 7.17. The molecule has 1 aliphatic carbocycles. The van der Waals surface area contributed by atoms with E-state index >= 15 is 0 Å². The second-order valence-electron chi connectivity index (χ2n) is 9.73. The topological polar surface area (TPSA) is 63.2 Å². The van der Waals surface area contributed by atoms with Crippen LogP contribution in [0.1, 0.15) is 34.0 Å². The van der Waals surface area contributed by atoms with Crippen LogP contribution in [-0.2, 0) is 10.9 Å². The molecule has 3 aliphatic rings. The monoisotopic (exact) mass is 505 g/mol. The molecule has 5 heterocycles. The zero-order valence-corrected chi connectivity index (χ0v) is 19.9. The molecule has 1 N–H and O–H groups in total. The molecule has 6 nitrogen and oxygen atoms in total.